The number of ether oxygens (including phenoxy) is 4. The number of allylic oxidation sites excluding steroid dienone is 1. The number of hydrogen-bond donors (Lipinski definition) is 0. The molecule has 13 heteroatoms. The van der Waals surface area contributed by atoms with Crippen molar-refractivity contribution in [3.8, 4) is 34.3 Å². The Labute approximate surface area is 310 Å². The van der Waals surface area contributed by atoms with Gasteiger partial charge in [-0.1, -0.05) is 50.2 Å². The Hall–Kier alpha value is -5.85. The fourth-order valence-corrected chi connectivity index (χ4v) is 7.27. The van der Waals surface area contributed by atoms with Crippen molar-refractivity contribution in [2.45, 2.75) is 51.2 Å². The number of halogens is 3. The van der Waals surface area contributed by atoms with Gasteiger partial charge in [-0.3, -0.25) is 4.79 Å². The molecule has 2 aromatic heterocycles. The van der Waals surface area contributed by atoms with Crippen LogP contribution in [0.2, 0.25) is 0 Å². The Balaban J connectivity index is 1.34. The Morgan fingerprint density at radius 3 is 2.17 bits per heavy atom. The first kappa shape index (κ1) is 36.5. The summed E-state index contributed by atoms with van der Waals surface area (Å²) in [5, 5.41) is 10.5. The van der Waals surface area contributed by atoms with Crippen molar-refractivity contribution in [1.82, 2.24) is 19.6 Å². The second-order valence-corrected chi connectivity index (χ2v) is 13.6. The molecule has 1 amide bonds. The van der Waals surface area contributed by atoms with Gasteiger partial charge in [-0.05, 0) is 83.9 Å². The largest absolute Gasteiger partial charge is 0.493 e. The molecule has 10 nitrogen and oxygen atoms in total. The van der Waals surface area contributed by atoms with Crippen molar-refractivity contribution < 1.29 is 36.9 Å². The molecule has 1 aliphatic carbocycles. The van der Waals surface area contributed by atoms with E-state index in [1.807, 2.05) is 56.3 Å². The summed E-state index contributed by atoms with van der Waals surface area (Å²) in [6.07, 6.45) is -0.517. The van der Waals surface area contributed by atoms with Crippen molar-refractivity contribution in [3.05, 3.63) is 106 Å². The Morgan fingerprint density at radius 2 is 1.52 bits per heavy atom. The summed E-state index contributed by atoms with van der Waals surface area (Å²) in [7, 11) is 6.21. The number of methoxy groups -OCH3 is 4. The van der Waals surface area contributed by atoms with Gasteiger partial charge in [0, 0.05) is 17.5 Å². The summed E-state index contributed by atoms with van der Waals surface area (Å²) in [6.45, 7) is 4.08. The molecule has 1 fully saturated rings. The third-order valence-electron chi connectivity index (χ3n) is 10.0. The van der Waals surface area contributed by atoms with Crippen LogP contribution in [0, 0.1) is 5.92 Å². The molecule has 2 aliphatic rings. The van der Waals surface area contributed by atoms with Gasteiger partial charge in [0.05, 0.1) is 45.9 Å². The van der Waals surface area contributed by atoms with E-state index in [1.165, 1.54) is 25.3 Å². The molecule has 0 N–H and O–H groups in total. The maximum absolute atomic E-state index is 14.6. The Morgan fingerprint density at radius 1 is 0.852 bits per heavy atom. The molecule has 1 saturated carbocycles. The monoisotopic (exact) mass is 739 g/mol. The van der Waals surface area contributed by atoms with Crippen molar-refractivity contribution in [1.29, 1.82) is 0 Å². The molecule has 0 bridgehead atoms. The van der Waals surface area contributed by atoms with Crippen molar-refractivity contribution in [2.24, 2.45) is 11.0 Å². The lowest BCUT2D eigenvalue weighted by molar-refractivity contribution is -0.142. The van der Waals surface area contributed by atoms with Gasteiger partial charge in [-0.25, -0.2) is 14.5 Å². The predicted molar refractivity (Wildman–Crippen MR) is 198 cm³/mol. The molecule has 0 spiro atoms. The van der Waals surface area contributed by atoms with Crippen LogP contribution >= 0.6 is 0 Å². The maximum Gasteiger partial charge on any atom is 0.433 e. The van der Waals surface area contributed by atoms with Gasteiger partial charge >= 0.3 is 6.18 Å². The van der Waals surface area contributed by atoms with E-state index in [9.17, 15) is 18.0 Å². The third-order valence-corrected chi connectivity index (χ3v) is 10.0. The predicted octanol–water partition coefficient (Wildman–Crippen LogP) is 9.01. The molecule has 7 rings (SSSR count). The lowest BCUT2D eigenvalue weighted by atomic mass is 9.77. The van der Waals surface area contributed by atoms with Crippen molar-refractivity contribution >= 4 is 23.3 Å². The van der Waals surface area contributed by atoms with Crippen molar-refractivity contribution in [2.75, 3.05) is 28.4 Å². The Kier molecular flexibility index (Phi) is 9.82. The second-order valence-electron chi connectivity index (χ2n) is 13.6. The number of alkyl halides is 3. The minimum Gasteiger partial charge on any atom is -0.493 e. The van der Waals surface area contributed by atoms with Gasteiger partial charge in [-0.2, -0.15) is 23.4 Å². The van der Waals surface area contributed by atoms with Gasteiger partial charge in [0.15, 0.2) is 40.0 Å². The molecular formula is C41H40F3N5O5. The van der Waals surface area contributed by atoms with E-state index >= 15 is 0 Å². The zero-order valence-electron chi connectivity index (χ0n) is 30.8. The number of carbonyl (C=O) groups is 1. The third kappa shape index (κ3) is 6.74. The van der Waals surface area contributed by atoms with Crippen LogP contribution in [0.25, 0.3) is 23.0 Å². The molecule has 3 heterocycles. The topological polar surface area (TPSA) is 99.8 Å². The highest BCUT2D eigenvalue weighted by Crippen LogP contribution is 2.47. The quantitative estimate of drug-likeness (QED) is 0.149. The van der Waals surface area contributed by atoms with Crippen LogP contribution in [0.15, 0.2) is 83.5 Å². The van der Waals surface area contributed by atoms with Gasteiger partial charge in [0.2, 0.25) is 0 Å². The molecule has 0 saturated heterocycles. The van der Waals surface area contributed by atoms with E-state index in [-0.39, 0.29) is 28.9 Å². The van der Waals surface area contributed by atoms with Gasteiger partial charge in [0.1, 0.15) is 0 Å². The minimum absolute atomic E-state index is 0.114. The number of amides is 1. The highest BCUT2D eigenvalue weighted by Gasteiger charge is 2.45. The number of carbonyl (C=O) groups excluding carboxylic acids is 1. The highest BCUT2D eigenvalue weighted by molar-refractivity contribution is 6.09. The molecule has 1 aliphatic heterocycles. The van der Waals surface area contributed by atoms with Crippen LogP contribution in [0.1, 0.15) is 77.9 Å². The van der Waals surface area contributed by atoms with E-state index in [1.54, 1.807) is 38.5 Å². The van der Waals surface area contributed by atoms with Gasteiger partial charge in [-0.15, -0.1) is 0 Å². The SMILES string of the molecule is COc1ccc(/C=C2\CCC[C@@H]3C2=NN(C(=O)c2cc4nc(-c5ccc(C(C)C)cc5)cc(C(F)(F)F)n4n2)[C@H]3c2ccc(OC)c(OC)c2)cc1OC. The number of fused-ring (bicyclic) bond motifs is 2. The lowest BCUT2D eigenvalue weighted by Gasteiger charge is -2.29. The first-order valence-electron chi connectivity index (χ1n) is 17.6. The standard InChI is InChI=1S/C41H40F3N5O5/c1-23(2)25-11-13-26(14-12-25)30-21-36(41(42,43)44)48-37(45-30)22-31(46-48)40(50)49-39(28-15-17-33(52-4)35(20-28)54-6)29-9-7-8-27(38(29)47-49)18-24-10-16-32(51-3)34(19-24)53-5/h10-23,29,39H,7-9H2,1-6H3/b27-18+/t29-,39+/m1/s1. The van der Waals surface area contributed by atoms with Gasteiger partial charge < -0.3 is 18.9 Å². The summed E-state index contributed by atoms with van der Waals surface area (Å²) < 4.78 is 66.4. The molecular weight excluding hydrogens is 699 g/mol. The normalized spacial score (nSPS) is 17.9. The van der Waals surface area contributed by atoms with E-state index in [0.717, 1.165) is 41.2 Å². The zero-order chi connectivity index (χ0) is 38.3. The van der Waals surface area contributed by atoms with E-state index in [0.29, 0.717) is 45.2 Å². The summed E-state index contributed by atoms with van der Waals surface area (Å²) in [5.41, 5.74) is 3.53. The van der Waals surface area contributed by atoms with Crippen LogP contribution < -0.4 is 18.9 Å². The number of benzene rings is 3. The van der Waals surface area contributed by atoms with E-state index in [2.05, 4.69) is 10.1 Å². The highest BCUT2D eigenvalue weighted by atomic mass is 19.4. The van der Waals surface area contributed by atoms with Gasteiger partial charge in [0.25, 0.3) is 5.91 Å². The molecule has 3 aromatic carbocycles. The molecule has 2 atom stereocenters. The van der Waals surface area contributed by atoms with Crippen LogP contribution in [-0.4, -0.2) is 59.7 Å². The number of hydrogen-bond acceptors (Lipinski definition) is 8. The maximum atomic E-state index is 14.6. The number of nitrogens with zero attached hydrogens (tertiary/aromatic N) is 5. The average molecular weight is 740 g/mol. The van der Waals surface area contributed by atoms with Crippen LogP contribution in [-0.2, 0) is 6.18 Å². The Bertz CT molecular complexity index is 2280. The van der Waals surface area contributed by atoms with Crippen LogP contribution in [0.3, 0.4) is 0 Å². The van der Waals surface area contributed by atoms with Crippen LogP contribution in [0.5, 0.6) is 23.0 Å². The van der Waals surface area contributed by atoms with Crippen LogP contribution in [0.4, 0.5) is 13.2 Å². The van der Waals surface area contributed by atoms with E-state index in [4.69, 9.17) is 24.0 Å². The molecule has 0 radical (unpaired) electrons. The fraction of sp³-hybridized carbons (Fsp3) is 0.317. The summed E-state index contributed by atoms with van der Waals surface area (Å²) in [6, 6.07) is 19.9. The van der Waals surface area contributed by atoms with E-state index < -0.39 is 23.8 Å². The summed E-state index contributed by atoms with van der Waals surface area (Å²) in [5.74, 6) is 1.50. The molecule has 0 unspecified atom stereocenters. The zero-order valence-corrected chi connectivity index (χ0v) is 30.8. The number of rotatable bonds is 9. The minimum atomic E-state index is -4.78. The fourth-order valence-electron chi connectivity index (χ4n) is 7.27. The molecule has 5 aromatic rings. The summed E-state index contributed by atoms with van der Waals surface area (Å²) in [4.78, 5) is 19.1. The molecule has 54 heavy (non-hydrogen) atoms. The second kappa shape index (κ2) is 14.5. The average Bonchev–Trinajstić information content (AvgIpc) is 3.79. The first-order chi connectivity index (χ1) is 25.9. The lowest BCUT2D eigenvalue weighted by Crippen LogP contribution is -2.32. The smallest absolute Gasteiger partial charge is 0.433 e. The first-order valence-corrected chi connectivity index (χ1v) is 17.6. The van der Waals surface area contributed by atoms with Crippen molar-refractivity contribution in [3.63, 3.8) is 0 Å². The number of aromatic nitrogens is 3. The summed E-state index contributed by atoms with van der Waals surface area (Å²) >= 11 is 0. The number of hydrazone groups is 1. The molecule has 280 valence electrons.